The highest BCUT2D eigenvalue weighted by atomic mass is 19.1. The van der Waals surface area contributed by atoms with Gasteiger partial charge in [-0.05, 0) is 48.6 Å². The Kier molecular flexibility index (Phi) is 2.90. The van der Waals surface area contributed by atoms with E-state index in [0.29, 0.717) is 11.3 Å². The Labute approximate surface area is 113 Å². The number of halogens is 1. The normalized spacial score (nSPS) is 22.6. The lowest BCUT2D eigenvalue weighted by atomic mass is 10.0. The van der Waals surface area contributed by atoms with Crippen LogP contribution < -0.4 is 5.32 Å². The molecule has 2 unspecified atom stereocenters. The highest BCUT2D eigenvalue weighted by molar-refractivity contribution is 5.78. The van der Waals surface area contributed by atoms with E-state index in [1.54, 1.807) is 6.07 Å². The van der Waals surface area contributed by atoms with E-state index in [1.807, 2.05) is 6.07 Å². The minimum absolute atomic E-state index is 0.216. The second kappa shape index (κ2) is 4.34. The summed E-state index contributed by atoms with van der Waals surface area (Å²) < 4.78 is 19.1. The number of furan rings is 1. The van der Waals surface area contributed by atoms with Gasteiger partial charge in [-0.25, -0.2) is 4.39 Å². The van der Waals surface area contributed by atoms with Crippen molar-refractivity contribution >= 4 is 11.0 Å². The molecule has 2 aromatic rings. The van der Waals surface area contributed by atoms with Gasteiger partial charge in [0.2, 0.25) is 0 Å². The maximum atomic E-state index is 13.2. The molecule has 3 heteroatoms. The Hall–Kier alpha value is -1.35. The predicted molar refractivity (Wildman–Crippen MR) is 74.5 cm³/mol. The molecule has 0 bridgehead atoms. The first kappa shape index (κ1) is 12.7. The summed E-state index contributed by atoms with van der Waals surface area (Å²) in [5, 5.41) is 4.35. The van der Waals surface area contributed by atoms with Crippen molar-refractivity contribution in [2.45, 2.75) is 33.2 Å². The molecule has 0 radical (unpaired) electrons. The molecule has 1 aliphatic carbocycles. The first-order chi connectivity index (χ1) is 9.01. The second-order valence-electron chi connectivity index (χ2n) is 6.17. The summed E-state index contributed by atoms with van der Waals surface area (Å²) in [6.45, 7) is 7.57. The van der Waals surface area contributed by atoms with Gasteiger partial charge in [-0.2, -0.15) is 0 Å². The zero-order valence-corrected chi connectivity index (χ0v) is 11.7. The fraction of sp³-hybridized carbons (Fsp3) is 0.500. The molecular weight excluding hydrogens is 241 g/mol. The number of benzene rings is 1. The lowest BCUT2D eigenvalue weighted by Crippen LogP contribution is -2.23. The van der Waals surface area contributed by atoms with E-state index in [4.69, 9.17) is 4.42 Å². The molecule has 1 saturated carbocycles. The molecule has 2 nitrogen and oxygen atoms in total. The molecule has 1 aliphatic rings. The van der Waals surface area contributed by atoms with Gasteiger partial charge in [-0.3, -0.25) is 0 Å². The summed E-state index contributed by atoms with van der Waals surface area (Å²) in [6, 6.07) is 6.88. The summed E-state index contributed by atoms with van der Waals surface area (Å²) in [4.78, 5) is 0. The van der Waals surface area contributed by atoms with Crippen molar-refractivity contribution in [1.82, 2.24) is 5.32 Å². The molecule has 19 heavy (non-hydrogen) atoms. The molecule has 1 aromatic carbocycles. The molecular formula is C16H20FNO. The standard InChI is InChI=1S/C16H20FNO/c1-4-18-15(12-9-16(12,2)3)14-8-10-7-11(17)5-6-13(10)19-14/h5-8,12,15,18H,4,9H2,1-3H3. The molecule has 0 aliphatic heterocycles. The van der Waals surface area contributed by atoms with E-state index in [1.165, 1.54) is 18.6 Å². The van der Waals surface area contributed by atoms with Crippen LogP contribution in [0.5, 0.6) is 0 Å². The van der Waals surface area contributed by atoms with Crippen LogP contribution in [0.3, 0.4) is 0 Å². The largest absolute Gasteiger partial charge is 0.459 e. The van der Waals surface area contributed by atoms with Gasteiger partial charge < -0.3 is 9.73 Å². The summed E-state index contributed by atoms with van der Waals surface area (Å²) in [7, 11) is 0. The van der Waals surface area contributed by atoms with E-state index in [-0.39, 0.29) is 11.9 Å². The summed E-state index contributed by atoms with van der Waals surface area (Å²) in [5.41, 5.74) is 1.13. The van der Waals surface area contributed by atoms with Crippen LogP contribution >= 0.6 is 0 Å². The molecule has 1 N–H and O–H groups in total. The highest BCUT2D eigenvalue weighted by Crippen LogP contribution is 2.58. The lowest BCUT2D eigenvalue weighted by Gasteiger charge is -2.17. The Morgan fingerprint density at radius 3 is 2.79 bits per heavy atom. The van der Waals surface area contributed by atoms with E-state index >= 15 is 0 Å². The zero-order chi connectivity index (χ0) is 13.6. The molecule has 1 heterocycles. The predicted octanol–water partition coefficient (Wildman–Crippen LogP) is 4.27. The van der Waals surface area contributed by atoms with Crippen LogP contribution in [-0.4, -0.2) is 6.54 Å². The van der Waals surface area contributed by atoms with Gasteiger partial charge in [0.1, 0.15) is 17.2 Å². The van der Waals surface area contributed by atoms with Gasteiger partial charge in [0.05, 0.1) is 6.04 Å². The van der Waals surface area contributed by atoms with Gasteiger partial charge in [-0.15, -0.1) is 0 Å². The third-order valence-corrected chi connectivity index (χ3v) is 4.22. The van der Waals surface area contributed by atoms with Crippen molar-refractivity contribution in [1.29, 1.82) is 0 Å². The monoisotopic (exact) mass is 261 g/mol. The fourth-order valence-electron chi connectivity index (χ4n) is 2.93. The Morgan fingerprint density at radius 1 is 1.42 bits per heavy atom. The molecule has 0 spiro atoms. The van der Waals surface area contributed by atoms with Crippen molar-refractivity contribution in [2.75, 3.05) is 6.54 Å². The van der Waals surface area contributed by atoms with Gasteiger partial charge in [0.25, 0.3) is 0 Å². The number of hydrogen-bond acceptors (Lipinski definition) is 2. The van der Waals surface area contributed by atoms with Crippen molar-refractivity contribution in [3.05, 3.63) is 35.8 Å². The van der Waals surface area contributed by atoms with E-state index in [2.05, 4.69) is 26.1 Å². The molecule has 2 atom stereocenters. The van der Waals surface area contributed by atoms with Crippen molar-refractivity contribution < 1.29 is 8.81 Å². The minimum Gasteiger partial charge on any atom is -0.459 e. The van der Waals surface area contributed by atoms with Gasteiger partial charge >= 0.3 is 0 Å². The average Bonchev–Trinajstić information content (AvgIpc) is 2.81. The van der Waals surface area contributed by atoms with Crippen LogP contribution in [-0.2, 0) is 0 Å². The quantitative estimate of drug-likeness (QED) is 0.889. The third-order valence-electron chi connectivity index (χ3n) is 4.22. The molecule has 3 rings (SSSR count). The van der Waals surface area contributed by atoms with Crippen LogP contribution in [0.2, 0.25) is 0 Å². The first-order valence-electron chi connectivity index (χ1n) is 6.93. The minimum atomic E-state index is -0.216. The second-order valence-corrected chi connectivity index (χ2v) is 6.17. The maximum absolute atomic E-state index is 13.2. The topological polar surface area (TPSA) is 25.2 Å². The first-order valence-corrected chi connectivity index (χ1v) is 6.93. The molecule has 0 amide bonds. The molecule has 102 valence electrons. The van der Waals surface area contributed by atoms with Crippen LogP contribution in [0.1, 0.15) is 39.0 Å². The smallest absolute Gasteiger partial charge is 0.134 e. The number of hydrogen-bond donors (Lipinski definition) is 1. The maximum Gasteiger partial charge on any atom is 0.134 e. The van der Waals surface area contributed by atoms with Crippen LogP contribution in [0.15, 0.2) is 28.7 Å². The van der Waals surface area contributed by atoms with E-state index < -0.39 is 0 Å². The highest BCUT2D eigenvalue weighted by Gasteiger charge is 2.51. The van der Waals surface area contributed by atoms with Crippen molar-refractivity contribution in [3.63, 3.8) is 0 Å². The van der Waals surface area contributed by atoms with Gasteiger partial charge in [-0.1, -0.05) is 20.8 Å². The SMILES string of the molecule is CCNC(c1cc2cc(F)ccc2o1)C1CC1(C)C. The zero-order valence-electron chi connectivity index (χ0n) is 11.7. The van der Waals surface area contributed by atoms with Crippen molar-refractivity contribution in [2.24, 2.45) is 11.3 Å². The van der Waals surface area contributed by atoms with Crippen LogP contribution in [0.25, 0.3) is 11.0 Å². The molecule has 0 saturated heterocycles. The Balaban J connectivity index is 1.96. The third kappa shape index (κ3) is 2.27. The van der Waals surface area contributed by atoms with E-state index in [9.17, 15) is 4.39 Å². The average molecular weight is 261 g/mol. The van der Waals surface area contributed by atoms with Crippen LogP contribution in [0.4, 0.5) is 4.39 Å². The number of fused-ring (bicyclic) bond motifs is 1. The van der Waals surface area contributed by atoms with E-state index in [0.717, 1.165) is 23.3 Å². The van der Waals surface area contributed by atoms with Gasteiger partial charge in [0.15, 0.2) is 0 Å². The van der Waals surface area contributed by atoms with Crippen molar-refractivity contribution in [3.8, 4) is 0 Å². The lowest BCUT2D eigenvalue weighted by molar-refractivity contribution is 0.364. The molecule has 1 fully saturated rings. The van der Waals surface area contributed by atoms with Gasteiger partial charge in [0, 0.05) is 5.39 Å². The fourth-order valence-corrected chi connectivity index (χ4v) is 2.93. The number of rotatable bonds is 4. The summed E-state index contributed by atoms with van der Waals surface area (Å²) >= 11 is 0. The Morgan fingerprint density at radius 2 is 2.16 bits per heavy atom. The summed E-state index contributed by atoms with van der Waals surface area (Å²) in [6.07, 6.45) is 1.20. The van der Waals surface area contributed by atoms with Crippen LogP contribution in [0, 0.1) is 17.2 Å². The molecule has 1 aromatic heterocycles. The summed E-state index contributed by atoms with van der Waals surface area (Å²) in [5.74, 6) is 1.31. The Bertz CT molecular complexity index is 602. The number of nitrogens with one attached hydrogen (secondary N) is 1.